The Morgan fingerprint density at radius 1 is 1.35 bits per heavy atom. The second-order valence-electron chi connectivity index (χ2n) is 6.00. The molecule has 3 nitrogen and oxygen atoms in total. The number of nitrogens with one attached hydrogen (secondary N) is 1. The van der Waals surface area contributed by atoms with Gasteiger partial charge in [0.15, 0.2) is 0 Å². The van der Waals surface area contributed by atoms with E-state index < -0.39 is 0 Å². The molecule has 2 saturated heterocycles. The molecule has 1 unspecified atom stereocenters. The van der Waals surface area contributed by atoms with Crippen LogP contribution in [0.2, 0.25) is 0 Å². The van der Waals surface area contributed by atoms with E-state index in [-0.39, 0.29) is 5.60 Å². The molecular weight excluding hydrogens is 268 g/mol. The second-order valence-corrected chi connectivity index (χ2v) is 7.23. The molecule has 0 aromatic carbocycles. The Morgan fingerprint density at radius 3 is 2.85 bits per heavy atom. The van der Waals surface area contributed by atoms with E-state index in [1.807, 2.05) is 12.4 Å². The minimum Gasteiger partial charge on any atom is -0.375 e. The highest BCUT2D eigenvalue weighted by Gasteiger charge is 2.38. The van der Waals surface area contributed by atoms with E-state index in [1.54, 1.807) is 0 Å². The predicted molar refractivity (Wildman–Crippen MR) is 84.1 cm³/mol. The van der Waals surface area contributed by atoms with Gasteiger partial charge in [0.25, 0.3) is 0 Å². The summed E-state index contributed by atoms with van der Waals surface area (Å²) in [6.45, 7) is 3.15. The Labute approximate surface area is 125 Å². The number of nitrogens with zero attached hydrogens (tertiary/aromatic N) is 1. The SMILES string of the molecule is C[C@H](NC1CCOC2(CCSCC2)C1)c1ccncc1. The van der Waals surface area contributed by atoms with Gasteiger partial charge in [-0.05, 0) is 61.8 Å². The van der Waals surface area contributed by atoms with Crippen molar-refractivity contribution in [1.29, 1.82) is 0 Å². The molecule has 0 aliphatic carbocycles. The number of pyridine rings is 1. The van der Waals surface area contributed by atoms with Crippen LogP contribution >= 0.6 is 11.8 Å². The van der Waals surface area contributed by atoms with Gasteiger partial charge in [-0.25, -0.2) is 0 Å². The van der Waals surface area contributed by atoms with E-state index in [2.05, 4.69) is 41.1 Å². The van der Waals surface area contributed by atoms with Gasteiger partial charge in [0.05, 0.1) is 5.60 Å². The molecule has 2 atom stereocenters. The highest BCUT2D eigenvalue weighted by atomic mass is 32.2. The lowest BCUT2D eigenvalue weighted by Crippen LogP contribution is -2.49. The van der Waals surface area contributed by atoms with Gasteiger partial charge in [-0.3, -0.25) is 4.98 Å². The molecule has 1 N–H and O–H groups in total. The van der Waals surface area contributed by atoms with Crippen molar-refractivity contribution >= 4 is 11.8 Å². The van der Waals surface area contributed by atoms with Gasteiger partial charge in [0.2, 0.25) is 0 Å². The molecule has 0 amide bonds. The Morgan fingerprint density at radius 2 is 2.10 bits per heavy atom. The van der Waals surface area contributed by atoms with Gasteiger partial charge in [-0.1, -0.05) is 0 Å². The third-order valence-electron chi connectivity index (χ3n) is 4.59. The van der Waals surface area contributed by atoms with Crippen LogP contribution in [0, 0.1) is 0 Å². The fourth-order valence-corrected chi connectivity index (χ4v) is 4.60. The maximum atomic E-state index is 6.16. The Hall–Kier alpha value is -0.580. The van der Waals surface area contributed by atoms with Crippen molar-refractivity contribution in [3.63, 3.8) is 0 Å². The van der Waals surface area contributed by atoms with Crippen molar-refractivity contribution in [3.05, 3.63) is 30.1 Å². The van der Waals surface area contributed by atoms with Gasteiger partial charge in [-0.2, -0.15) is 11.8 Å². The summed E-state index contributed by atoms with van der Waals surface area (Å²) in [6.07, 6.45) is 8.49. The fourth-order valence-electron chi connectivity index (χ4n) is 3.36. The number of rotatable bonds is 3. The molecule has 110 valence electrons. The zero-order valence-electron chi connectivity index (χ0n) is 12.2. The van der Waals surface area contributed by atoms with Crippen molar-refractivity contribution in [1.82, 2.24) is 10.3 Å². The number of ether oxygens (including phenoxy) is 1. The summed E-state index contributed by atoms with van der Waals surface area (Å²) in [5.41, 5.74) is 1.49. The predicted octanol–water partition coefficient (Wildman–Crippen LogP) is 3.18. The van der Waals surface area contributed by atoms with Crippen molar-refractivity contribution in [3.8, 4) is 0 Å². The topological polar surface area (TPSA) is 34.1 Å². The highest BCUT2D eigenvalue weighted by molar-refractivity contribution is 7.99. The van der Waals surface area contributed by atoms with Crippen LogP contribution in [0.3, 0.4) is 0 Å². The lowest BCUT2D eigenvalue weighted by atomic mass is 9.85. The van der Waals surface area contributed by atoms with Crippen molar-refractivity contribution in [2.45, 2.75) is 50.3 Å². The summed E-state index contributed by atoms with van der Waals surface area (Å²) >= 11 is 2.07. The molecule has 1 aromatic heterocycles. The van der Waals surface area contributed by atoms with Crippen LogP contribution in [-0.2, 0) is 4.74 Å². The van der Waals surface area contributed by atoms with Crippen LogP contribution in [0.5, 0.6) is 0 Å². The third kappa shape index (κ3) is 3.35. The molecule has 0 saturated carbocycles. The Balaban J connectivity index is 1.60. The minimum absolute atomic E-state index is 0.166. The summed E-state index contributed by atoms with van der Waals surface area (Å²) in [5, 5.41) is 3.79. The Bertz CT molecular complexity index is 414. The van der Waals surface area contributed by atoms with E-state index >= 15 is 0 Å². The lowest BCUT2D eigenvalue weighted by molar-refractivity contribution is -0.0940. The molecule has 1 spiro atoms. The molecule has 1 aromatic rings. The van der Waals surface area contributed by atoms with E-state index in [1.165, 1.54) is 36.3 Å². The molecule has 2 aliphatic rings. The second kappa shape index (κ2) is 6.46. The average molecular weight is 292 g/mol. The number of thioether (sulfide) groups is 1. The molecule has 3 heterocycles. The van der Waals surface area contributed by atoms with Crippen LogP contribution in [0.25, 0.3) is 0 Å². The molecule has 3 rings (SSSR count). The molecule has 2 aliphatic heterocycles. The number of hydrogen-bond donors (Lipinski definition) is 1. The smallest absolute Gasteiger partial charge is 0.0713 e. The van der Waals surface area contributed by atoms with E-state index in [0.29, 0.717) is 12.1 Å². The van der Waals surface area contributed by atoms with Gasteiger partial charge in [0, 0.05) is 31.1 Å². The first-order valence-corrected chi connectivity index (χ1v) is 8.81. The first kappa shape index (κ1) is 14.4. The first-order chi connectivity index (χ1) is 9.77. The van der Waals surface area contributed by atoms with Crippen LogP contribution in [-0.4, -0.2) is 34.7 Å². The van der Waals surface area contributed by atoms with Crippen LogP contribution in [0.15, 0.2) is 24.5 Å². The maximum Gasteiger partial charge on any atom is 0.0713 e. The average Bonchev–Trinajstić information content (AvgIpc) is 2.49. The van der Waals surface area contributed by atoms with Crippen LogP contribution in [0.1, 0.15) is 44.2 Å². The molecular formula is C16H24N2OS. The van der Waals surface area contributed by atoms with E-state index in [9.17, 15) is 0 Å². The summed E-state index contributed by atoms with van der Waals surface area (Å²) in [7, 11) is 0. The van der Waals surface area contributed by atoms with Crippen molar-refractivity contribution in [2.24, 2.45) is 0 Å². The van der Waals surface area contributed by atoms with Crippen molar-refractivity contribution in [2.75, 3.05) is 18.1 Å². The monoisotopic (exact) mass is 292 g/mol. The standard InChI is InChI=1S/C16H24N2OS/c1-13(14-2-7-17-8-3-14)18-15-4-9-19-16(12-15)5-10-20-11-6-16/h2-3,7-8,13,15,18H,4-6,9-12H2,1H3/t13-,15?/m0/s1. The van der Waals surface area contributed by atoms with Crippen LogP contribution < -0.4 is 5.32 Å². The van der Waals surface area contributed by atoms with Gasteiger partial charge < -0.3 is 10.1 Å². The quantitative estimate of drug-likeness (QED) is 0.928. The molecule has 4 heteroatoms. The fraction of sp³-hybridized carbons (Fsp3) is 0.688. The lowest BCUT2D eigenvalue weighted by Gasteiger charge is -2.44. The number of hydrogen-bond acceptors (Lipinski definition) is 4. The van der Waals surface area contributed by atoms with Crippen molar-refractivity contribution < 1.29 is 4.74 Å². The summed E-state index contributed by atoms with van der Waals surface area (Å²) in [4.78, 5) is 4.09. The molecule has 2 fully saturated rings. The molecule has 20 heavy (non-hydrogen) atoms. The zero-order chi connectivity index (χ0) is 13.8. The van der Waals surface area contributed by atoms with E-state index in [0.717, 1.165) is 13.0 Å². The van der Waals surface area contributed by atoms with E-state index in [4.69, 9.17) is 4.74 Å². The minimum atomic E-state index is 0.166. The normalized spacial score (nSPS) is 27.4. The maximum absolute atomic E-state index is 6.16. The number of aromatic nitrogens is 1. The zero-order valence-corrected chi connectivity index (χ0v) is 13.0. The molecule has 0 radical (unpaired) electrons. The molecule has 0 bridgehead atoms. The summed E-state index contributed by atoms with van der Waals surface area (Å²) in [5.74, 6) is 2.51. The summed E-state index contributed by atoms with van der Waals surface area (Å²) < 4.78 is 6.16. The van der Waals surface area contributed by atoms with Gasteiger partial charge >= 0.3 is 0 Å². The largest absolute Gasteiger partial charge is 0.375 e. The Kier molecular flexibility index (Phi) is 4.64. The van der Waals surface area contributed by atoms with Gasteiger partial charge in [-0.15, -0.1) is 0 Å². The first-order valence-electron chi connectivity index (χ1n) is 7.65. The van der Waals surface area contributed by atoms with Crippen LogP contribution in [0.4, 0.5) is 0 Å². The summed E-state index contributed by atoms with van der Waals surface area (Å²) in [6, 6.07) is 5.17. The highest BCUT2D eigenvalue weighted by Crippen LogP contribution is 2.37. The third-order valence-corrected chi connectivity index (χ3v) is 5.57. The van der Waals surface area contributed by atoms with Gasteiger partial charge in [0.1, 0.15) is 0 Å².